The van der Waals surface area contributed by atoms with Gasteiger partial charge < -0.3 is 29.7 Å². The fourth-order valence-corrected chi connectivity index (χ4v) is 4.57. The van der Waals surface area contributed by atoms with Gasteiger partial charge in [-0.15, -0.1) is 0 Å². The molecular formula is C28H31F2N7O2. The van der Waals surface area contributed by atoms with Gasteiger partial charge in [-0.05, 0) is 57.3 Å². The summed E-state index contributed by atoms with van der Waals surface area (Å²) in [4.78, 5) is 30.6. The van der Waals surface area contributed by atoms with Crippen molar-refractivity contribution in [2.75, 3.05) is 57.0 Å². The van der Waals surface area contributed by atoms with E-state index in [0.717, 1.165) is 31.9 Å². The fourth-order valence-electron chi connectivity index (χ4n) is 4.57. The number of halogens is 2. The Labute approximate surface area is 225 Å². The van der Waals surface area contributed by atoms with E-state index in [0.29, 0.717) is 28.8 Å². The number of carbonyl (C=O) groups is 1. The lowest BCUT2D eigenvalue weighted by atomic mass is 10.2. The summed E-state index contributed by atoms with van der Waals surface area (Å²) in [5.74, 6) is -1.46. The number of rotatable bonds is 7. The number of hydrogen-bond donors (Lipinski definition) is 2. The van der Waals surface area contributed by atoms with Gasteiger partial charge in [-0.3, -0.25) is 4.79 Å². The van der Waals surface area contributed by atoms with E-state index >= 15 is 8.78 Å². The van der Waals surface area contributed by atoms with E-state index in [1.807, 2.05) is 25.8 Å². The number of aromatic nitrogens is 3. The number of nitrogens with zero attached hydrogens (tertiary/aromatic N) is 5. The van der Waals surface area contributed by atoms with Crippen LogP contribution in [0.3, 0.4) is 0 Å². The van der Waals surface area contributed by atoms with Gasteiger partial charge in [-0.1, -0.05) is 0 Å². The smallest absolute Gasteiger partial charge is 0.262 e. The van der Waals surface area contributed by atoms with Gasteiger partial charge >= 0.3 is 0 Å². The third-order valence-corrected chi connectivity index (χ3v) is 6.95. The molecule has 204 valence electrons. The third-order valence-electron chi connectivity index (χ3n) is 6.95. The second kappa shape index (κ2) is 10.9. The number of amides is 1. The molecule has 0 unspecified atom stereocenters. The summed E-state index contributed by atoms with van der Waals surface area (Å²) in [6.45, 7) is 7.25. The molecule has 5 rings (SSSR count). The Morgan fingerprint density at radius 2 is 1.90 bits per heavy atom. The highest BCUT2D eigenvalue weighted by atomic mass is 19.1. The molecule has 11 heteroatoms. The number of anilines is 3. The molecule has 0 radical (unpaired) electrons. The molecule has 0 atom stereocenters. The summed E-state index contributed by atoms with van der Waals surface area (Å²) in [7, 11) is 3.67. The molecule has 9 nitrogen and oxygen atoms in total. The standard InChI is InChI=1S/C28H31F2N7O2/c1-5-36(4)28(38)24-26(34-18-6-8-22(20(29)15-18)37-12-10-35(3)11-13-37)31-16-32-27(24)39-23-9-7-21-19(25(23)30)14-17(2)33-21/h6-9,14-16,33H,5,10-13H2,1-4H3,(H,31,32,34). The number of aryl methyl sites for hydroxylation is 1. The van der Waals surface area contributed by atoms with Gasteiger partial charge in [0.1, 0.15) is 17.7 Å². The van der Waals surface area contributed by atoms with Crippen LogP contribution in [0.1, 0.15) is 23.0 Å². The molecule has 1 aliphatic heterocycles. The van der Waals surface area contributed by atoms with Crippen LogP contribution in [0.25, 0.3) is 10.9 Å². The molecule has 2 aromatic carbocycles. The van der Waals surface area contributed by atoms with Crippen molar-refractivity contribution in [1.29, 1.82) is 0 Å². The molecule has 0 spiro atoms. The van der Waals surface area contributed by atoms with E-state index in [9.17, 15) is 4.79 Å². The zero-order valence-corrected chi connectivity index (χ0v) is 22.4. The molecular weight excluding hydrogens is 504 g/mol. The number of ether oxygens (including phenoxy) is 1. The predicted molar refractivity (Wildman–Crippen MR) is 147 cm³/mol. The molecule has 0 aliphatic carbocycles. The van der Waals surface area contributed by atoms with Crippen LogP contribution in [-0.2, 0) is 0 Å². The van der Waals surface area contributed by atoms with Crippen molar-refractivity contribution >= 4 is 34.0 Å². The van der Waals surface area contributed by atoms with Crippen molar-refractivity contribution in [1.82, 2.24) is 24.8 Å². The normalized spacial score (nSPS) is 14.1. The number of H-pyrrole nitrogens is 1. The number of piperazine rings is 1. The first kappa shape index (κ1) is 26.4. The van der Waals surface area contributed by atoms with E-state index in [-0.39, 0.29) is 28.8 Å². The van der Waals surface area contributed by atoms with Crippen molar-refractivity contribution in [3.63, 3.8) is 0 Å². The van der Waals surface area contributed by atoms with Crippen molar-refractivity contribution < 1.29 is 18.3 Å². The first-order valence-electron chi connectivity index (χ1n) is 12.8. The van der Waals surface area contributed by atoms with Crippen LogP contribution in [0.15, 0.2) is 42.7 Å². The molecule has 3 heterocycles. The van der Waals surface area contributed by atoms with Gasteiger partial charge in [0, 0.05) is 62.1 Å². The Morgan fingerprint density at radius 1 is 1.13 bits per heavy atom. The average Bonchev–Trinajstić information content (AvgIpc) is 3.31. The highest BCUT2D eigenvalue weighted by Gasteiger charge is 2.25. The highest BCUT2D eigenvalue weighted by molar-refractivity contribution is 6.01. The van der Waals surface area contributed by atoms with E-state index in [1.54, 1.807) is 31.3 Å². The number of carbonyl (C=O) groups excluding carboxylic acids is 1. The first-order valence-corrected chi connectivity index (χ1v) is 12.8. The first-order chi connectivity index (χ1) is 18.7. The minimum Gasteiger partial charge on any atom is -0.435 e. The zero-order valence-electron chi connectivity index (χ0n) is 22.4. The van der Waals surface area contributed by atoms with Crippen molar-refractivity contribution in [3.8, 4) is 11.6 Å². The molecule has 39 heavy (non-hydrogen) atoms. The summed E-state index contributed by atoms with van der Waals surface area (Å²) in [6.07, 6.45) is 1.21. The second-order valence-electron chi connectivity index (χ2n) is 9.70. The molecule has 1 saturated heterocycles. The Kier molecular flexibility index (Phi) is 7.34. The highest BCUT2D eigenvalue weighted by Crippen LogP contribution is 2.34. The average molecular weight is 536 g/mol. The zero-order chi connectivity index (χ0) is 27.7. The van der Waals surface area contributed by atoms with Crippen LogP contribution in [0.5, 0.6) is 11.6 Å². The van der Waals surface area contributed by atoms with Crippen molar-refractivity contribution in [3.05, 3.63) is 65.6 Å². The van der Waals surface area contributed by atoms with E-state index < -0.39 is 11.7 Å². The largest absolute Gasteiger partial charge is 0.435 e. The van der Waals surface area contributed by atoms with Crippen LogP contribution < -0.4 is 15.0 Å². The van der Waals surface area contributed by atoms with Crippen LogP contribution in [0, 0.1) is 18.6 Å². The summed E-state index contributed by atoms with van der Waals surface area (Å²) in [5.41, 5.74) is 2.37. The summed E-state index contributed by atoms with van der Waals surface area (Å²) in [6, 6.07) is 9.68. The lowest BCUT2D eigenvalue weighted by molar-refractivity contribution is 0.0799. The van der Waals surface area contributed by atoms with Gasteiger partial charge in [-0.2, -0.15) is 0 Å². The van der Waals surface area contributed by atoms with Crippen LogP contribution >= 0.6 is 0 Å². The van der Waals surface area contributed by atoms with Crippen molar-refractivity contribution in [2.45, 2.75) is 13.8 Å². The van der Waals surface area contributed by atoms with E-state index in [1.165, 1.54) is 23.4 Å². The van der Waals surface area contributed by atoms with Gasteiger partial charge in [0.2, 0.25) is 5.88 Å². The van der Waals surface area contributed by atoms with E-state index in [2.05, 4.69) is 25.2 Å². The Morgan fingerprint density at radius 3 is 2.62 bits per heavy atom. The van der Waals surface area contributed by atoms with Crippen LogP contribution in [-0.4, -0.2) is 77.5 Å². The van der Waals surface area contributed by atoms with Crippen molar-refractivity contribution in [2.24, 2.45) is 0 Å². The Bertz CT molecular complexity index is 1520. The number of likely N-dealkylation sites (N-methyl/N-ethyl adjacent to an activating group) is 1. The minimum absolute atomic E-state index is 0.00940. The quantitative estimate of drug-likeness (QED) is 0.347. The Hall–Kier alpha value is -4.25. The summed E-state index contributed by atoms with van der Waals surface area (Å²) < 4.78 is 36.3. The molecule has 0 saturated carbocycles. The van der Waals surface area contributed by atoms with Gasteiger partial charge in [0.05, 0.1) is 5.69 Å². The monoisotopic (exact) mass is 535 g/mol. The maximum absolute atomic E-state index is 15.3. The van der Waals surface area contributed by atoms with Gasteiger partial charge in [-0.25, -0.2) is 18.7 Å². The molecule has 0 bridgehead atoms. The SMILES string of the molecule is CCN(C)C(=O)c1c(Nc2ccc(N3CCN(C)CC3)c(F)c2)ncnc1Oc1ccc2[nH]c(C)cc2c1F. The molecule has 1 fully saturated rings. The number of benzene rings is 2. The molecule has 2 N–H and O–H groups in total. The summed E-state index contributed by atoms with van der Waals surface area (Å²) in [5, 5.41) is 3.41. The Balaban J connectivity index is 1.48. The topological polar surface area (TPSA) is 89.6 Å². The lowest BCUT2D eigenvalue weighted by Gasteiger charge is -2.34. The molecule has 2 aromatic heterocycles. The fraction of sp³-hybridized carbons (Fsp3) is 0.321. The van der Waals surface area contributed by atoms with E-state index in [4.69, 9.17) is 4.74 Å². The minimum atomic E-state index is -0.575. The van der Waals surface area contributed by atoms with Crippen LogP contribution in [0.4, 0.5) is 26.0 Å². The summed E-state index contributed by atoms with van der Waals surface area (Å²) >= 11 is 0. The molecule has 4 aromatic rings. The van der Waals surface area contributed by atoms with Gasteiger partial charge in [0.25, 0.3) is 5.91 Å². The second-order valence-corrected chi connectivity index (χ2v) is 9.70. The number of fused-ring (bicyclic) bond motifs is 1. The lowest BCUT2D eigenvalue weighted by Crippen LogP contribution is -2.44. The number of hydrogen-bond acceptors (Lipinski definition) is 7. The number of aromatic amines is 1. The molecule has 1 amide bonds. The molecule has 1 aliphatic rings. The third kappa shape index (κ3) is 5.35. The van der Waals surface area contributed by atoms with Crippen LogP contribution in [0.2, 0.25) is 0 Å². The predicted octanol–water partition coefficient (Wildman–Crippen LogP) is 4.92. The van der Waals surface area contributed by atoms with Gasteiger partial charge in [0.15, 0.2) is 17.4 Å². The maximum Gasteiger partial charge on any atom is 0.262 e. The number of nitrogens with one attached hydrogen (secondary N) is 2. The maximum atomic E-state index is 15.3.